The summed E-state index contributed by atoms with van der Waals surface area (Å²) in [5.41, 5.74) is -0.567. The molecule has 0 saturated carbocycles. The number of rotatable bonds is 4. The summed E-state index contributed by atoms with van der Waals surface area (Å²) < 4.78 is 49.0. The summed E-state index contributed by atoms with van der Waals surface area (Å²) in [6.45, 7) is -0.0562. The molecule has 2 N–H and O–H groups in total. The lowest BCUT2D eigenvalue weighted by molar-refractivity contribution is -0.137. The molecule has 0 atom stereocenters. The molecule has 0 aromatic heterocycles. The van der Waals surface area contributed by atoms with Gasteiger partial charge in [0.25, 0.3) is 0 Å². The number of carbonyl (C=O) groups is 1. The maximum atomic E-state index is 12.9. The lowest BCUT2D eigenvalue weighted by Gasteiger charge is -2.14. The van der Waals surface area contributed by atoms with E-state index in [1.165, 1.54) is 18.2 Å². The van der Waals surface area contributed by atoms with Crippen molar-refractivity contribution in [3.8, 4) is 11.5 Å². The molecule has 1 heterocycles. The van der Waals surface area contributed by atoms with Gasteiger partial charge >= 0.3 is 6.18 Å². The van der Waals surface area contributed by atoms with E-state index in [4.69, 9.17) is 9.47 Å². The van der Waals surface area contributed by atoms with Crippen LogP contribution >= 0.6 is 0 Å². The first-order chi connectivity index (χ1) is 11.4. The van der Waals surface area contributed by atoms with Crippen LogP contribution in [0.4, 0.5) is 24.5 Å². The molecular formula is C16H13F3N2O3. The van der Waals surface area contributed by atoms with E-state index in [2.05, 4.69) is 10.6 Å². The fourth-order valence-electron chi connectivity index (χ4n) is 2.22. The molecule has 0 aliphatic carbocycles. The molecule has 1 aliphatic heterocycles. The third-order valence-corrected chi connectivity index (χ3v) is 3.33. The van der Waals surface area contributed by atoms with Crippen molar-refractivity contribution in [1.82, 2.24) is 0 Å². The standard InChI is InChI=1S/C16H13F3N2O3/c17-16(18,19)11-3-1-2-4-12(11)21-15(22)8-20-10-5-6-13-14(7-10)24-9-23-13/h1-7,20H,8-9H2,(H,21,22). The van der Waals surface area contributed by atoms with E-state index in [0.717, 1.165) is 6.07 Å². The average Bonchev–Trinajstić information content (AvgIpc) is 3.00. The van der Waals surface area contributed by atoms with Crippen LogP contribution in [-0.2, 0) is 11.0 Å². The Hall–Kier alpha value is -2.90. The Bertz CT molecular complexity index is 762. The second-order valence-corrected chi connectivity index (χ2v) is 5.01. The zero-order valence-corrected chi connectivity index (χ0v) is 12.3. The molecular weight excluding hydrogens is 325 g/mol. The fourth-order valence-corrected chi connectivity index (χ4v) is 2.22. The Kier molecular flexibility index (Phi) is 4.20. The zero-order chi connectivity index (χ0) is 17.2. The highest BCUT2D eigenvalue weighted by Gasteiger charge is 2.33. The molecule has 0 fully saturated rings. The van der Waals surface area contributed by atoms with Crippen molar-refractivity contribution >= 4 is 17.3 Å². The minimum atomic E-state index is -4.53. The van der Waals surface area contributed by atoms with E-state index in [0.29, 0.717) is 17.2 Å². The SMILES string of the molecule is O=C(CNc1ccc2c(c1)OCO2)Nc1ccccc1C(F)(F)F. The summed E-state index contributed by atoms with van der Waals surface area (Å²) >= 11 is 0. The number of alkyl halides is 3. The molecule has 0 bridgehead atoms. The molecule has 0 spiro atoms. The van der Waals surface area contributed by atoms with Gasteiger partial charge in [-0.2, -0.15) is 13.2 Å². The van der Waals surface area contributed by atoms with Gasteiger partial charge in [0.1, 0.15) is 0 Å². The Morgan fingerprint density at radius 1 is 1.08 bits per heavy atom. The Morgan fingerprint density at radius 2 is 1.83 bits per heavy atom. The van der Waals surface area contributed by atoms with E-state index in [1.807, 2.05) is 0 Å². The molecule has 2 aromatic carbocycles. The van der Waals surface area contributed by atoms with Gasteiger partial charge in [-0.05, 0) is 24.3 Å². The van der Waals surface area contributed by atoms with Gasteiger partial charge in [0.05, 0.1) is 17.8 Å². The first-order valence-corrected chi connectivity index (χ1v) is 7.03. The van der Waals surface area contributed by atoms with Crippen LogP contribution in [0, 0.1) is 0 Å². The van der Waals surface area contributed by atoms with Crippen molar-refractivity contribution in [2.75, 3.05) is 24.0 Å². The number of carbonyl (C=O) groups excluding carboxylic acids is 1. The molecule has 8 heteroatoms. The molecule has 0 saturated heterocycles. The third-order valence-electron chi connectivity index (χ3n) is 3.33. The van der Waals surface area contributed by atoms with E-state index >= 15 is 0 Å². The average molecular weight is 338 g/mol. The van der Waals surface area contributed by atoms with Gasteiger partial charge in [0, 0.05) is 11.8 Å². The Labute approximate surface area is 135 Å². The van der Waals surface area contributed by atoms with Crippen LogP contribution in [0.1, 0.15) is 5.56 Å². The molecule has 0 unspecified atom stereocenters. The summed E-state index contributed by atoms with van der Waals surface area (Å²) in [5, 5.41) is 5.09. The number of benzene rings is 2. The quantitative estimate of drug-likeness (QED) is 0.896. The maximum Gasteiger partial charge on any atom is 0.418 e. The monoisotopic (exact) mass is 338 g/mol. The second kappa shape index (κ2) is 6.31. The summed E-state index contributed by atoms with van der Waals surface area (Å²) in [7, 11) is 0. The van der Waals surface area contributed by atoms with Crippen LogP contribution in [-0.4, -0.2) is 19.2 Å². The predicted molar refractivity (Wildman–Crippen MR) is 81.1 cm³/mol. The highest BCUT2D eigenvalue weighted by atomic mass is 19.4. The smallest absolute Gasteiger partial charge is 0.418 e. The van der Waals surface area contributed by atoms with Gasteiger partial charge < -0.3 is 20.1 Å². The first-order valence-electron chi connectivity index (χ1n) is 7.03. The van der Waals surface area contributed by atoms with Crippen LogP contribution in [0.15, 0.2) is 42.5 Å². The molecule has 0 radical (unpaired) electrons. The Balaban J connectivity index is 1.63. The van der Waals surface area contributed by atoms with E-state index in [9.17, 15) is 18.0 Å². The number of nitrogens with one attached hydrogen (secondary N) is 2. The fraction of sp³-hybridized carbons (Fsp3) is 0.188. The second-order valence-electron chi connectivity index (χ2n) is 5.01. The summed E-state index contributed by atoms with van der Waals surface area (Å²) in [5.74, 6) is 0.552. The van der Waals surface area contributed by atoms with Crippen molar-refractivity contribution in [3.05, 3.63) is 48.0 Å². The zero-order valence-electron chi connectivity index (χ0n) is 12.3. The largest absolute Gasteiger partial charge is 0.454 e. The number of hydrogen-bond acceptors (Lipinski definition) is 4. The van der Waals surface area contributed by atoms with Gasteiger partial charge in [0.15, 0.2) is 11.5 Å². The molecule has 2 aromatic rings. The normalized spacial score (nSPS) is 12.8. The number of ether oxygens (including phenoxy) is 2. The van der Waals surface area contributed by atoms with Gasteiger partial charge in [-0.1, -0.05) is 12.1 Å². The molecule has 24 heavy (non-hydrogen) atoms. The molecule has 3 rings (SSSR count). The summed E-state index contributed by atoms with van der Waals surface area (Å²) in [6.07, 6.45) is -4.53. The van der Waals surface area contributed by atoms with Crippen molar-refractivity contribution in [3.63, 3.8) is 0 Å². The highest BCUT2D eigenvalue weighted by molar-refractivity contribution is 5.94. The molecule has 1 amide bonds. The van der Waals surface area contributed by atoms with E-state index < -0.39 is 17.6 Å². The number of halogens is 3. The van der Waals surface area contributed by atoms with Crippen molar-refractivity contribution in [2.45, 2.75) is 6.18 Å². The molecule has 5 nitrogen and oxygen atoms in total. The minimum absolute atomic E-state index is 0.132. The first kappa shape index (κ1) is 16.0. The van der Waals surface area contributed by atoms with Crippen LogP contribution < -0.4 is 20.1 Å². The summed E-state index contributed by atoms with van der Waals surface area (Å²) in [4.78, 5) is 11.9. The lowest BCUT2D eigenvalue weighted by Crippen LogP contribution is -2.23. The van der Waals surface area contributed by atoms with Gasteiger partial charge in [-0.3, -0.25) is 4.79 Å². The number of fused-ring (bicyclic) bond motifs is 1. The van der Waals surface area contributed by atoms with Crippen LogP contribution in [0.25, 0.3) is 0 Å². The third kappa shape index (κ3) is 3.53. The number of anilines is 2. The van der Waals surface area contributed by atoms with Crippen LogP contribution in [0.5, 0.6) is 11.5 Å². The number of amides is 1. The van der Waals surface area contributed by atoms with Crippen LogP contribution in [0.3, 0.4) is 0 Å². The van der Waals surface area contributed by atoms with Gasteiger partial charge in [-0.15, -0.1) is 0 Å². The lowest BCUT2D eigenvalue weighted by atomic mass is 10.1. The molecule has 126 valence electrons. The predicted octanol–water partition coefficient (Wildman–Crippen LogP) is 3.48. The topological polar surface area (TPSA) is 59.6 Å². The minimum Gasteiger partial charge on any atom is -0.454 e. The summed E-state index contributed by atoms with van der Waals surface area (Å²) in [6, 6.07) is 9.84. The van der Waals surface area contributed by atoms with Crippen molar-refractivity contribution in [1.29, 1.82) is 0 Å². The number of hydrogen-bond donors (Lipinski definition) is 2. The Morgan fingerprint density at radius 3 is 2.62 bits per heavy atom. The van der Waals surface area contributed by atoms with Gasteiger partial charge in [0.2, 0.25) is 12.7 Å². The van der Waals surface area contributed by atoms with Crippen molar-refractivity contribution in [2.24, 2.45) is 0 Å². The maximum absolute atomic E-state index is 12.9. The van der Waals surface area contributed by atoms with Gasteiger partial charge in [-0.25, -0.2) is 0 Å². The van der Waals surface area contributed by atoms with Crippen LogP contribution in [0.2, 0.25) is 0 Å². The highest BCUT2D eigenvalue weighted by Crippen LogP contribution is 2.35. The van der Waals surface area contributed by atoms with E-state index in [-0.39, 0.29) is 19.0 Å². The van der Waals surface area contributed by atoms with E-state index in [1.54, 1.807) is 18.2 Å². The van der Waals surface area contributed by atoms with Crippen molar-refractivity contribution < 1.29 is 27.4 Å². The molecule has 1 aliphatic rings. The number of para-hydroxylation sites is 1.